The van der Waals surface area contributed by atoms with Crippen LogP contribution in [0.4, 0.5) is 10.1 Å². The topological polar surface area (TPSA) is 96.0 Å². The predicted octanol–water partition coefficient (Wildman–Crippen LogP) is 3.97. The van der Waals surface area contributed by atoms with Crippen molar-refractivity contribution >= 4 is 27.5 Å². The molecule has 0 spiro atoms. The number of hydrogen-bond donors (Lipinski definition) is 1. The van der Waals surface area contributed by atoms with E-state index < -0.39 is 40.2 Å². The van der Waals surface area contributed by atoms with Crippen LogP contribution in [0.3, 0.4) is 0 Å². The summed E-state index contributed by atoms with van der Waals surface area (Å²) in [6.45, 7) is 4.47. The molecule has 10 heteroatoms. The Morgan fingerprint density at radius 2 is 1.53 bits per heavy atom. The SMILES string of the molecule is COc1ccc(CN(C(=O)CN(c2ccccc2F)S(=O)(=O)c2ccccc2)[C@H](C)C(=O)NC(C)C)cc1. The van der Waals surface area contributed by atoms with Gasteiger partial charge in [-0.05, 0) is 62.7 Å². The lowest BCUT2D eigenvalue weighted by Gasteiger charge is -2.32. The van der Waals surface area contributed by atoms with Gasteiger partial charge >= 0.3 is 0 Å². The normalized spacial score (nSPS) is 12.1. The van der Waals surface area contributed by atoms with Gasteiger partial charge in [0.1, 0.15) is 24.2 Å². The number of carbonyl (C=O) groups is 2. The molecule has 2 amide bonds. The summed E-state index contributed by atoms with van der Waals surface area (Å²) >= 11 is 0. The van der Waals surface area contributed by atoms with Crippen molar-refractivity contribution in [1.29, 1.82) is 0 Å². The van der Waals surface area contributed by atoms with E-state index in [0.29, 0.717) is 11.3 Å². The maximum absolute atomic E-state index is 14.9. The van der Waals surface area contributed by atoms with Crippen LogP contribution in [-0.4, -0.2) is 50.9 Å². The number of sulfonamides is 1. The first-order chi connectivity index (χ1) is 18.0. The van der Waals surface area contributed by atoms with Crippen LogP contribution in [0.2, 0.25) is 0 Å². The highest BCUT2D eigenvalue weighted by Gasteiger charge is 2.33. The maximum atomic E-state index is 14.9. The van der Waals surface area contributed by atoms with Gasteiger partial charge in [-0.1, -0.05) is 42.5 Å². The Hall–Kier alpha value is -3.92. The molecule has 3 aromatic rings. The van der Waals surface area contributed by atoms with Gasteiger partial charge in [-0.3, -0.25) is 13.9 Å². The van der Waals surface area contributed by atoms with E-state index in [1.54, 1.807) is 63.2 Å². The quantitative estimate of drug-likeness (QED) is 0.396. The lowest BCUT2D eigenvalue weighted by atomic mass is 10.1. The highest BCUT2D eigenvalue weighted by atomic mass is 32.2. The molecule has 1 N–H and O–H groups in total. The van der Waals surface area contributed by atoms with Crippen LogP contribution < -0.4 is 14.4 Å². The van der Waals surface area contributed by atoms with Crippen LogP contribution in [0.15, 0.2) is 83.8 Å². The van der Waals surface area contributed by atoms with Crippen LogP contribution in [0.25, 0.3) is 0 Å². The summed E-state index contributed by atoms with van der Waals surface area (Å²) in [4.78, 5) is 27.9. The maximum Gasteiger partial charge on any atom is 0.264 e. The van der Waals surface area contributed by atoms with E-state index in [1.807, 2.05) is 0 Å². The zero-order valence-electron chi connectivity index (χ0n) is 21.8. The molecule has 0 radical (unpaired) electrons. The molecule has 3 rings (SSSR count). The first kappa shape index (κ1) is 28.6. The van der Waals surface area contributed by atoms with Crippen molar-refractivity contribution in [1.82, 2.24) is 10.2 Å². The van der Waals surface area contributed by atoms with E-state index in [1.165, 1.54) is 42.3 Å². The first-order valence-electron chi connectivity index (χ1n) is 12.1. The molecule has 0 saturated heterocycles. The molecule has 8 nitrogen and oxygen atoms in total. The van der Waals surface area contributed by atoms with Crippen molar-refractivity contribution in [2.75, 3.05) is 18.0 Å². The second kappa shape index (κ2) is 12.6. The van der Waals surface area contributed by atoms with Crippen molar-refractivity contribution in [2.45, 2.75) is 44.3 Å². The molecule has 202 valence electrons. The number of rotatable bonds is 11. The largest absolute Gasteiger partial charge is 0.497 e. The lowest BCUT2D eigenvalue weighted by molar-refractivity contribution is -0.139. The fourth-order valence-corrected chi connectivity index (χ4v) is 5.25. The van der Waals surface area contributed by atoms with Gasteiger partial charge in [-0.2, -0.15) is 0 Å². The van der Waals surface area contributed by atoms with Gasteiger partial charge in [-0.25, -0.2) is 12.8 Å². The minimum atomic E-state index is -4.32. The third-order valence-corrected chi connectivity index (χ3v) is 7.62. The summed E-state index contributed by atoms with van der Waals surface area (Å²) in [5, 5.41) is 2.79. The fourth-order valence-electron chi connectivity index (χ4n) is 3.80. The molecule has 38 heavy (non-hydrogen) atoms. The van der Waals surface area contributed by atoms with E-state index in [-0.39, 0.29) is 23.2 Å². The van der Waals surface area contributed by atoms with E-state index in [2.05, 4.69) is 5.32 Å². The number of anilines is 1. The van der Waals surface area contributed by atoms with Gasteiger partial charge < -0.3 is 15.0 Å². The number of nitrogens with zero attached hydrogens (tertiary/aromatic N) is 2. The van der Waals surface area contributed by atoms with Gasteiger partial charge in [0.2, 0.25) is 11.8 Å². The van der Waals surface area contributed by atoms with E-state index in [4.69, 9.17) is 4.74 Å². The molecule has 0 aromatic heterocycles. The zero-order chi connectivity index (χ0) is 27.9. The molecular weight excluding hydrogens is 509 g/mol. The number of amides is 2. The number of halogens is 1. The number of benzene rings is 3. The predicted molar refractivity (Wildman–Crippen MR) is 144 cm³/mol. The smallest absolute Gasteiger partial charge is 0.264 e. The number of hydrogen-bond acceptors (Lipinski definition) is 5. The second-order valence-corrected chi connectivity index (χ2v) is 10.8. The van der Waals surface area contributed by atoms with E-state index in [0.717, 1.165) is 10.4 Å². The fraction of sp³-hybridized carbons (Fsp3) is 0.286. The van der Waals surface area contributed by atoms with Gasteiger partial charge in [0.15, 0.2) is 0 Å². The summed E-state index contributed by atoms with van der Waals surface area (Å²) in [6.07, 6.45) is 0. The summed E-state index contributed by atoms with van der Waals surface area (Å²) in [6, 6.07) is 18.7. The standard InChI is InChI=1S/C28H32FN3O5S/c1-20(2)30-28(34)21(3)31(18-22-14-16-23(37-4)17-15-22)27(33)19-32(26-13-9-8-12-25(26)29)38(35,36)24-10-6-5-7-11-24/h5-17,20-21H,18-19H2,1-4H3,(H,30,34)/t21-/m1/s1. The third-order valence-electron chi connectivity index (χ3n) is 5.84. The minimum Gasteiger partial charge on any atom is -0.497 e. The molecule has 0 bridgehead atoms. The highest BCUT2D eigenvalue weighted by Crippen LogP contribution is 2.27. The molecule has 0 aliphatic heterocycles. The molecule has 0 fully saturated rings. The highest BCUT2D eigenvalue weighted by molar-refractivity contribution is 7.92. The van der Waals surface area contributed by atoms with Gasteiger partial charge in [0, 0.05) is 12.6 Å². The van der Waals surface area contributed by atoms with Crippen LogP contribution >= 0.6 is 0 Å². The molecule has 3 aromatic carbocycles. The van der Waals surface area contributed by atoms with Crippen LogP contribution in [0, 0.1) is 5.82 Å². The molecule has 0 aliphatic rings. The Morgan fingerprint density at radius 1 is 0.921 bits per heavy atom. The summed E-state index contributed by atoms with van der Waals surface area (Å²) in [5.41, 5.74) is 0.431. The number of para-hydroxylation sites is 1. The number of nitrogens with one attached hydrogen (secondary N) is 1. The molecular formula is C28H32FN3O5S. The molecule has 0 saturated carbocycles. The number of carbonyl (C=O) groups excluding carboxylic acids is 2. The molecule has 1 atom stereocenters. The van der Waals surface area contributed by atoms with Crippen LogP contribution in [-0.2, 0) is 26.2 Å². The Labute approximate surface area is 223 Å². The van der Waals surface area contributed by atoms with Gasteiger partial charge in [-0.15, -0.1) is 0 Å². The van der Waals surface area contributed by atoms with Gasteiger partial charge in [0.05, 0.1) is 17.7 Å². The zero-order valence-corrected chi connectivity index (χ0v) is 22.6. The van der Waals surface area contributed by atoms with Crippen molar-refractivity contribution < 1.29 is 27.1 Å². The van der Waals surface area contributed by atoms with Crippen LogP contribution in [0.1, 0.15) is 26.3 Å². The summed E-state index contributed by atoms with van der Waals surface area (Å²) < 4.78 is 48.0. The lowest BCUT2D eigenvalue weighted by Crippen LogP contribution is -2.52. The van der Waals surface area contributed by atoms with Crippen molar-refractivity contribution in [3.63, 3.8) is 0 Å². The van der Waals surface area contributed by atoms with Crippen LogP contribution in [0.5, 0.6) is 5.75 Å². The second-order valence-electron chi connectivity index (χ2n) is 8.99. The number of methoxy groups -OCH3 is 1. The molecule has 0 heterocycles. The third kappa shape index (κ3) is 6.89. The average molecular weight is 542 g/mol. The summed E-state index contributed by atoms with van der Waals surface area (Å²) in [7, 11) is -2.79. The Morgan fingerprint density at radius 3 is 2.11 bits per heavy atom. The average Bonchev–Trinajstić information content (AvgIpc) is 2.90. The monoisotopic (exact) mass is 541 g/mol. The van der Waals surface area contributed by atoms with Crippen molar-refractivity contribution in [3.05, 3.63) is 90.2 Å². The van der Waals surface area contributed by atoms with Crippen molar-refractivity contribution in [2.24, 2.45) is 0 Å². The number of ether oxygens (including phenoxy) is 1. The first-order valence-corrected chi connectivity index (χ1v) is 13.5. The Balaban J connectivity index is 2.02. The molecule has 0 unspecified atom stereocenters. The molecule has 0 aliphatic carbocycles. The van der Waals surface area contributed by atoms with Crippen molar-refractivity contribution in [3.8, 4) is 5.75 Å². The van der Waals surface area contributed by atoms with E-state index in [9.17, 15) is 22.4 Å². The Bertz CT molecular complexity index is 1350. The van der Waals surface area contributed by atoms with Gasteiger partial charge in [0.25, 0.3) is 10.0 Å². The summed E-state index contributed by atoms with van der Waals surface area (Å²) in [5.74, 6) is -1.25. The minimum absolute atomic E-state index is 0.0198. The Kier molecular flexibility index (Phi) is 9.46. The van der Waals surface area contributed by atoms with E-state index >= 15 is 0 Å².